The Balaban J connectivity index is 0. The molecule has 1 nitrogen and oxygen atoms in total. The van der Waals surface area contributed by atoms with Gasteiger partial charge in [-0.1, -0.05) is 6.92 Å². The van der Waals surface area contributed by atoms with Gasteiger partial charge in [0.15, 0.2) is 0 Å². The third-order valence-electron chi connectivity index (χ3n) is 1.68. The number of quaternary nitrogens is 1. The molecule has 0 aromatic rings. The van der Waals surface area contributed by atoms with Gasteiger partial charge < -0.3 is 16.9 Å². The van der Waals surface area contributed by atoms with Crippen molar-refractivity contribution in [1.82, 2.24) is 0 Å². The van der Waals surface area contributed by atoms with Crippen molar-refractivity contribution < 1.29 is 16.9 Å². The van der Waals surface area contributed by atoms with E-state index in [1.54, 1.807) is 0 Å². The molecule has 0 aromatic carbocycles. The molecule has 0 spiro atoms. The maximum Gasteiger partial charge on any atom is 0.0776 e. The van der Waals surface area contributed by atoms with E-state index >= 15 is 0 Å². The SMILES string of the molecule is CCC[N+](C)(C)C[SiH3].[Cl-]. The first-order valence-corrected chi connectivity index (χ1v) is 4.86. The molecule has 0 aliphatic heterocycles. The third-order valence-corrected chi connectivity index (χ3v) is 3.40. The smallest absolute Gasteiger partial charge is 0.0776 e. The Kier molecular flexibility index (Phi) is 7.12. The van der Waals surface area contributed by atoms with Crippen molar-refractivity contribution in [2.45, 2.75) is 13.3 Å². The van der Waals surface area contributed by atoms with E-state index in [0.29, 0.717) is 0 Å². The van der Waals surface area contributed by atoms with E-state index in [4.69, 9.17) is 0 Å². The van der Waals surface area contributed by atoms with E-state index < -0.39 is 0 Å². The highest BCUT2D eigenvalue weighted by atomic mass is 35.5. The van der Waals surface area contributed by atoms with Crippen LogP contribution in [0.4, 0.5) is 0 Å². The molecule has 0 aliphatic rings. The van der Waals surface area contributed by atoms with Crippen molar-refractivity contribution in [2.24, 2.45) is 0 Å². The third kappa shape index (κ3) is 6.35. The van der Waals surface area contributed by atoms with Crippen LogP contribution in [-0.2, 0) is 0 Å². The van der Waals surface area contributed by atoms with Gasteiger partial charge in [0.05, 0.1) is 37.1 Å². The van der Waals surface area contributed by atoms with Crippen LogP contribution in [0.15, 0.2) is 0 Å². The van der Waals surface area contributed by atoms with Gasteiger partial charge in [0.2, 0.25) is 0 Å². The molecule has 0 saturated heterocycles. The molecule has 0 atom stereocenters. The van der Waals surface area contributed by atoms with Crippen LogP contribution in [0.5, 0.6) is 0 Å². The molecular weight excluding hydrogens is 150 g/mol. The summed E-state index contributed by atoms with van der Waals surface area (Å²) in [4.78, 5) is 0. The zero-order valence-electron chi connectivity index (χ0n) is 6.95. The van der Waals surface area contributed by atoms with Gasteiger partial charge in [0.25, 0.3) is 0 Å². The van der Waals surface area contributed by atoms with Gasteiger partial charge in [-0.2, -0.15) is 0 Å². The van der Waals surface area contributed by atoms with Crippen LogP contribution in [-0.4, -0.2) is 41.5 Å². The average Bonchev–Trinajstić information content (AvgIpc) is 1.67. The van der Waals surface area contributed by atoms with E-state index in [1.807, 2.05) is 0 Å². The van der Waals surface area contributed by atoms with Gasteiger partial charge in [-0.25, -0.2) is 0 Å². The lowest BCUT2D eigenvalue weighted by Gasteiger charge is -2.27. The zero-order chi connectivity index (χ0) is 6.62. The van der Waals surface area contributed by atoms with Gasteiger partial charge >= 0.3 is 0 Å². The quantitative estimate of drug-likeness (QED) is 0.307. The van der Waals surface area contributed by atoms with Crippen LogP contribution in [0.25, 0.3) is 0 Å². The summed E-state index contributed by atoms with van der Waals surface area (Å²) < 4.78 is 1.22. The Morgan fingerprint density at radius 1 is 1.33 bits per heavy atom. The lowest BCUT2D eigenvalue weighted by Crippen LogP contribution is -3.00. The Labute approximate surface area is 67.9 Å². The van der Waals surface area contributed by atoms with Crippen molar-refractivity contribution in [2.75, 3.05) is 26.8 Å². The van der Waals surface area contributed by atoms with Crippen molar-refractivity contribution in [1.29, 1.82) is 0 Å². The fourth-order valence-corrected chi connectivity index (χ4v) is 1.08. The van der Waals surface area contributed by atoms with Gasteiger partial charge in [0, 0.05) is 0 Å². The van der Waals surface area contributed by atoms with Gasteiger partial charge in [0.1, 0.15) is 0 Å². The highest BCUT2D eigenvalue weighted by Gasteiger charge is 2.07. The molecular formula is C6H18ClNSi. The maximum atomic E-state index is 2.30. The Hall–Kier alpha value is 0.467. The summed E-state index contributed by atoms with van der Waals surface area (Å²) in [5.41, 5.74) is 0. The summed E-state index contributed by atoms with van der Waals surface area (Å²) >= 11 is 0. The topological polar surface area (TPSA) is 0 Å². The van der Waals surface area contributed by atoms with Gasteiger partial charge in [-0.15, -0.1) is 0 Å². The fourth-order valence-electron chi connectivity index (χ4n) is 0.763. The molecule has 0 aliphatic carbocycles. The van der Waals surface area contributed by atoms with Crippen LogP contribution in [0.2, 0.25) is 0 Å². The van der Waals surface area contributed by atoms with E-state index in [2.05, 4.69) is 21.0 Å². The lowest BCUT2D eigenvalue weighted by molar-refractivity contribution is -0.879. The van der Waals surface area contributed by atoms with Crippen molar-refractivity contribution in [3.8, 4) is 0 Å². The average molecular weight is 168 g/mol. The predicted molar refractivity (Wildman–Crippen MR) is 42.1 cm³/mol. The minimum absolute atomic E-state index is 0. The molecule has 0 N–H and O–H groups in total. The summed E-state index contributed by atoms with van der Waals surface area (Å²) in [6.07, 6.45) is 2.70. The fraction of sp³-hybridized carbons (Fsp3) is 1.00. The maximum absolute atomic E-state index is 2.30. The number of hydrogen-bond acceptors (Lipinski definition) is 0. The standard InChI is InChI=1S/C6H18NSi.ClH/c1-4-5-7(2,3)6-8;/h4-6H2,1-3,8H3;1H/q+1;/p-1. The molecule has 0 amide bonds. The predicted octanol–water partition coefficient (Wildman–Crippen LogP) is -3.20. The number of nitrogens with zero attached hydrogens (tertiary/aromatic N) is 1. The molecule has 0 unspecified atom stereocenters. The van der Waals surface area contributed by atoms with Crippen LogP contribution >= 0.6 is 0 Å². The molecule has 58 valence electrons. The minimum Gasteiger partial charge on any atom is -1.00 e. The molecule has 0 rings (SSSR count). The molecule has 3 heteroatoms. The first-order valence-electron chi connectivity index (χ1n) is 3.44. The number of hydrogen-bond donors (Lipinski definition) is 0. The summed E-state index contributed by atoms with van der Waals surface area (Å²) in [6, 6.07) is 0. The highest BCUT2D eigenvalue weighted by molar-refractivity contribution is 6.08. The normalized spacial score (nSPS) is 11.0. The number of rotatable bonds is 3. The van der Waals surface area contributed by atoms with E-state index in [1.165, 1.54) is 33.9 Å². The van der Waals surface area contributed by atoms with E-state index in [0.717, 1.165) is 0 Å². The van der Waals surface area contributed by atoms with Crippen LogP contribution < -0.4 is 12.4 Å². The molecule has 0 bridgehead atoms. The van der Waals surface area contributed by atoms with Crippen LogP contribution in [0.3, 0.4) is 0 Å². The highest BCUT2D eigenvalue weighted by Crippen LogP contribution is 1.94. The monoisotopic (exact) mass is 167 g/mol. The zero-order valence-corrected chi connectivity index (χ0v) is 9.70. The minimum atomic E-state index is 0. The van der Waals surface area contributed by atoms with Crippen LogP contribution in [0.1, 0.15) is 13.3 Å². The van der Waals surface area contributed by atoms with Crippen molar-refractivity contribution >= 4 is 10.2 Å². The number of halogens is 1. The Bertz CT molecular complexity index is 66.1. The summed E-state index contributed by atoms with van der Waals surface area (Å²) in [5.74, 6) is 0. The second-order valence-corrected chi connectivity index (χ2v) is 3.61. The molecule has 9 heavy (non-hydrogen) atoms. The molecule has 0 heterocycles. The molecule has 0 radical (unpaired) electrons. The summed E-state index contributed by atoms with van der Waals surface area (Å²) in [5, 5.41) is 0. The van der Waals surface area contributed by atoms with Crippen molar-refractivity contribution in [3.63, 3.8) is 0 Å². The molecule has 0 fully saturated rings. The first-order chi connectivity index (χ1) is 3.62. The molecule has 0 aromatic heterocycles. The largest absolute Gasteiger partial charge is 1.00 e. The van der Waals surface area contributed by atoms with E-state index in [-0.39, 0.29) is 12.4 Å². The van der Waals surface area contributed by atoms with Crippen LogP contribution in [0, 0.1) is 0 Å². The summed E-state index contributed by atoms with van der Waals surface area (Å²) in [6.45, 7) is 3.58. The summed E-state index contributed by atoms with van der Waals surface area (Å²) in [7, 11) is 5.94. The second-order valence-electron chi connectivity index (χ2n) is 2.98. The Morgan fingerprint density at radius 3 is 1.89 bits per heavy atom. The van der Waals surface area contributed by atoms with Gasteiger partial charge in [-0.05, 0) is 6.42 Å². The first kappa shape index (κ1) is 12.2. The molecule has 0 saturated carbocycles. The van der Waals surface area contributed by atoms with Gasteiger partial charge in [-0.3, -0.25) is 0 Å². The van der Waals surface area contributed by atoms with Crippen molar-refractivity contribution in [3.05, 3.63) is 0 Å². The second kappa shape index (κ2) is 5.27. The van der Waals surface area contributed by atoms with E-state index in [9.17, 15) is 0 Å². The lowest BCUT2D eigenvalue weighted by atomic mass is 10.4. The Morgan fingerprint density at radius 2 is 1.78 bits per heavy atom.